The molecule has 0 N–H and O–H groups in total. The van der Waals surface area contributed by atoms with E-state index in [2.05, 4.69) is 277 Å². The van der Waals surface area contributed by atoms with Crippen molar-refractivity contribution in [2.45, 2.75) is 64.2 Å². The molecule has 0 aliphatic heterocycles. The van der Waals surface area contributed by atoms with Crippen LogP contribution in [0.2, 0.25) is 0 Å². The summed E-state index contributed by atoms with van der Waals surface area (Å²) in [6.07, 6.45) is 8.33. The molecule has 1 fully saturated rings. The quantitative estimate of drug-likeness (QED) is 0.142. The molecule has 1 saturated carbocycles. The number of fused-ring (bicyclic) bond motifs is 7. The molecule has 0 atom stereocenters. The van der Waals surface area contributed by atoms with E-state index in [4.69, 9.17) is 9.72 Å². The van der Waals surface area contributed by atoms with Gasteiger partial charge in [0, 0.05) is 6.20 Å². The molecule has 0 radical (unpaired) electrons. The molecule has 1 aliphatic rings. The minimum atomic E-state index is -0.0562. The predicted octanol–water partition coefficient (Wildman–Crippen LogP) is 18.2. The second kappa shape index (κ2) is 19.1. The summed E-state index contributed by atoms with van der Waals surface area (Å²) in [5, 5.41) is 4.58. The van der Waals surface area contributed by atoms with E-state index in [1.165, 1.54) is 48.6 Å². The summed E-state index contributed by atoms with van der Waals surface area (Å²) in [5.41, 5.74) is 16.4. The minimum absolute atomic E-state index is 0.0562. The maximum atomic E-state index is 7.10. The van der Waals surface area contributed by atoms with E-state index in [0.717, 1.165) is 98.0 Å². The van der Waals surface area contributed by atoms with Gasteiger partial charge in [0.05, 0.1) is 0 Å². The number of imidazole rings is 1. The van der Waals surface area contributed by atoms with Crippen LogP contribution in [-0.2, 0) is 24.8 Å². The normalized spacial score (nSPS) is 13.4. The Bertz CT molecular complexity index is 4460. The molecule has 4 heterocycles. The second-order valence-corrected chi connectivity index (χ2v) is 22.6. The molecule has 1 aliphatic carbocycles. The van der Waals surface area contributed by atoms with E-state index >= 15 is 0 Å². The van der Waals surface area contributed by atoms with Crippen LogP contribution in [0.1, 0.15) is 69.9 Å². The van der Waals surface area contributed by atoms with E-state index in [0.29, 0.717) is 17.4 Å². The Kier molecular flexibility index (Phi) is 11.7. The first-order chi connectivity index (χ1) is 37.8. The molecule has 13 aromatic rings. The van der Waals surface area contributed by atoms with E-state index in [9.17, 15) is 0 Å². The fraction of sp³-hybridized carbons (Fsp3) is 0.143. The Morgan fingerprint density at radius 1 is 0.506 bits per heavy atom. The van der Waals surface area contributed by atoms with E-state index in [-0.39, 0.29) is 5.41 Å². The molecule has 7 heteroatoms. The van der Waals surface area contributed by atoms with Crippen molar-refractivity contribution in [3.8, 4) is 50.9 Å². The molecule has 0 bridgehead atoms. The molecular formula is C70H55N5OPt-2. The van der Waals surface area contributed by atoms with Gasteiger partial charge >= 0.3 is 368 Å². The molecule has 6 nitrogen and oxygen atoms in total. The molecule has 378 valence electrons. The Morgan fingerprint density at radius 3 is 1.84 bits per heavy atom. The number of hydrogen-bond acceptors (Lipinski definition) is 2. The number of pyridine rings is 1. The average molecular weight is 1180 g/mol. The fourth-order valence-electron chi connectivity index (χ4n) is 12.1. The van der Waals surface area contributed by atoms with E-state index in [1.54, 1.807) is 0 Å². The van der Waals surface area contributed by atoms with Crippen molar-refractivity contribution < 1.29 is 24.1 Å². The van der Waals surface area contributed by atoms with Gasteiger partial charge in [-0.25, -0.2) is 0 Å². The molecule has 77 heavy (non-hydrogen) atoms. The van der Waals surface area contributed by atoms with Crippen molar-refractivity contribution in [3.05, 3.63) is 240 Å². The van der Waals surface area contributed by atoms with Gasteiger partial charge in [-0.2, -0.15) is 0 Å². The number of para-hydroxylation sites is 4. The topological polar surface area (TPSA) is 41.3 Å². The van der Waals surface area contributed by atoms with Crippen molar-refractivity contribution in [2.75, 3.05) is 0 Å². The molecule has 4 aromatic heterocycles. The summed E-state index contributed by atoms with van der Waals surface area (Å²) in [6.45, 7) is 6.77. The van der Waals surface area contributed by atoms with Crippen molar-refractivity contribution in [1.29, 1.82) is 0 Å². The van der Waals surface area contributed by atoms with Crippen LogP contribution in [0, 0.1) is 15.9 Å². The van der Waals surface area contributed by atoms with Crippen LogP contribution in [-0.4, -0.2) is 23.1 Å². The van der Waals surface area contributed by atoms with E-state index in [1.807, 2.05) is 6.20 Å². The molecule has 9 aromatic carbocycles. The molecule has 0 amide bonds. The summed E-state index contributed by atoms with van der Waals surface area (Å²) >= 11 is 2.56. The van der Waals surface area contributed by atoms with Gasteiger partial charge < -0.3 is 0 Å². The molecule has 0 spiro atoms. The number of hydrogen-bond donors (Lipinski definition) is 0. The van der Waals surface area contributed by atoms with Gasteiger partial charge in [0.25, 0.3) is 0 Å². The molecule has 0 saturated heterocycles. The zero-order valence-electron chi connectivity index (χ0n) is 43.3. The van der Waals surface area contributed by atoms with Crippen molar-refractivity contribution in [3.63, 3.8) is 0 Å². The molecule has 14 rings (SSSR count). The van der Waals surface area contributed by atoms with Crippen molar-refractivity contribution >= 4 is 60.2 Å². The number of ether oxygens (including phenoxy) is 1. The van der Waals surface area contributed by atoms with Crippen LogP contribution in [0.5, 0.6) is 11.5 Å². The summed E-state index contributed by atoms with van der Waals surface area (Å²) < 4.78 is 17.6. The zero-order chi connectivity index (χ0) is 51.8. The first kappa shape index (κ1) is 47.2. The summed E-state index contributed by atoms with van der Waals surface area (Å²) in [4.78, 5) is 5.03. The van der Waals surface area contributed by atoms with Gasteiger partial charge in [0.15, 0.2) is 0 Å². The Balaban J connectivity index is 1.04. The first-order valence-corrected chi connectivity index (χ1v) is 28.0. The summed E-state index contributed by atoms with van der Waals surface area (Å²) in [7, 11) is 0. The van der Waals surface area contributed by atoms with Crippen molar-refractivity contribution in [1.82, 2.24) is 23.1 Å². The summed E-state index contributed by atoms with van der Waals surface area (Å²) in [5.74, 6) is 2.62. The fourth-order valence-corrected chi connectivity index (χ4v) is 13.2. The zero-order valence-corrected chi connectivity index (χ0v) is 45.6. The van der Waals surface area contributed by atoms with Gasteiger partial charge in [0.1, 0.15) is 0 Å². The standard InChI is InChI=1S/C70H55N5O.Pt/c1-70(2,3)51-40-41-71-67(43-51)75-62-38-34-50(47-20-8-4-9-21-47)42-60(62)58-37-35-53(44-65(58)75)76-54-36-39-63-66(45-54)73-46-72(68-55(48-22-10-5-11-23-48)29-18-30-56(68)49-24-12-6-13-25-49)64-33-19-31-59(69(64)73)57-28-16-17-32-61(57)74(63)52-26-14-7-15-27-52;/h5-7,10-19,22-43,47H,4,8-9,20-21H2,1-3H3;/q-2;. The number of rotatable bonds is 8. The SMILES string of the molecule is CC(C)(C)c1ccnc(-n2c3[c-]c(Oc4[c-]c5c(cc4)n(-c4ccccc4)c4ccccc4c4cccc6c4n5[c](=[Pt])n6-c4c(-c5ccccc5)cccc4-c4ccccc4)ccc3c3cc(C4CCCCC4)ccc32)c1. The third-order valence-electron chi connectivity index (χ3n) is 15.9. The number of aromatic nitrogens is 5. The third-order valence-corrected chi connectivity index (χ3v) is 16.9. The van der Waals surface area contributed by atoms with Crippen molar-refractivity contribution in [2.24, 2.45) is 0 Å². The van der Waals surface area contributed by atoms with E-state index < -0.39 is 0 Å². The van der Waals surface area contributed by atoms with Gasteiger partial charge in [0.2, 0.25) is 0 Å². The van der Waals surface area contributed by atoms with Crippen LogP contribution in [0.4, 0.5) is 0 Å². The average Bonchev–Trinajstić information content (AvgIpc) is 4.19. The maximum absolute atomic E-state index is 7.10. The Hall–Kier alpha value is -8.31. The van der Waals surface area contributed by atoms with Crippen LogP contribution < -0.4 is 4.74 Å². The molecular weight excluding hydrogens is 1120 g/mol. The van der Waals surface area contributed by atoms with Crippen LogP contribution in [0.3, 0.4) is 0 Å². The first-order valence-electron chi connectivity index (χ1n) is 26.9. The van der Waals surface area contributed by atoms with Crippen LogP contribution in [0.15, 0.2) is 212 Å². The van der Waals surface area contributed by atoms with Gasteiger partial charge in [-0.05, 0) is 41.4 Å². The number of nitrogens with zero attached hydrogens (tertiary/aromatic N) is 5. The monoisotopic (exact) mass is 1180 g/mol. The van der Waals surface area contributed by atoms with Gasteiger partial charge in [-0.3, -0.25) is 0 Å². The van der Waals surface area contributed by atoms with Gasteiger partial charge in [-0.15, -0.1) is 0 Å². The van der Waals surface area contributed by atoms with Gasteiger partial charge in [-0.1, -0.05) is 46.1 Å². The Labute approximate surface area is 459 Å². The summed E-state index contributed by atoms with van der Waals surface area (Å²) in [6, 6.07) is 82.2. The second-order valence-electron chi connectivity index (χ2n) is 21.6. The predicted molar refractivity (Wildman–Crippen MR) is 312 cm³/mol. The Morgan fingerprint density at radius 2 is 1.12 bits per heavy atom. The third kappa shape index (κ3) is 8.12. The number of benzene rings is 9. The van der Waals surface area contributed by atoms with Crippen LogP contribution in [0.25, 0.3) is 99.6 Å². The molecule has 0 unspecified atom stereocenters. The van der Waals surface area contributed by atoms with Crippen LogP contribution >= 0.6 is 0 Å².